The lowest BCUT2D eigenvalue weighted by Crippen LogP contribution is -2.27. The smallest absolute Gasteiger partial charge is 0.251 e. The van der Waals surface area contributed by atoms with Gasteiger partial charge in [0.1, 0.15) is 5.75 Å². The van der Waals surface area contributed by atoms with Crippen LogP contribution in [0.15, 0.2) is 24.3 Å². The van der Waals surface area contributed by atoms with Crippen LogP contribution >= 0.6 is 0 Å². The minimum atomic E-state index is -0.0520. The Morgan fingerprint density at radius 2 is 2.05 bits per heavy atom. The molecule has 0 aliphatic heterocycles. The van der Waals surface area contributed by atoms with Gasteiger partial charge in [0, 0.05) is 12.1 Å². The van der Waals surface area contributed by atoms with Crippen molar-refractivity contribution in [3.05, 3.63) is 29.8 Å². The Balaban J connectivity index is 1.73. The largest absolute Gasteiger partial charge is 0.508 e. The van der Waals surface area contributed by atoms with Gasteiger partial charge in [0.15, 0.2) is 0 Å². The number of aromatic hydroxyl groups is 1. The van der Waals surface area contributed by atoms with E-state index in [0.717, 1.165) is 24.8 Å². The van der Waals surface area contributed by atoms with Gasteiger partial charge in [-0.15, -0.1) is 0 Å². The number of nitrogens with one attached hydrogen (secondary N) is 1. The van der Waals surface area contributed by atoms with Crippen molar-refractivity contribution in [2.45, 2.75) is 39.0 Å². The maximum absolute atomic E-state index is 11.9. The van der Waals surface area contributed by atoms with Crippen LogP contribution in [-0.4, -0.2) is 17.6 Å². The maximum atomic E-state index is 11.9. The van der Waals surface area contributed by atoms with E-state index in [-0.39, 0.29) is 11.7 Å². The average molecular weight is 261 g/mol. The maximum Gasteiger partial charge on any atom is 0.251 e. The highest BCUT2D eigenvalue weighted by Crippen LogP contribution is 2.30. The lowest BCUT2D eigenvalue weighted by Gasteiger charge is -2.26. The van der Waals surface area contributed by atoms with Gasteiger partial charge in [-0.1, -0.05) is 26.2 Å². The second-order valence-corrected chi connectivity index (χ2v) is 5.73. The molecular formula is C16H23NO2. The first-order valence-electron chi connectivity index (χ1n) is 7.22. The number of amides is 1. The zero-order chi connectivity index (χ0) is 13.7. The van der Waals surface area contributed by atoms with Crippen LogP contribution < -0.4 is 5.32 Å². The van der Waals surface area contributed by atoms with E-state index in [1.165, 1.54) is 37.8 Å². The lowest BCUT2D eigenvalue weighted by atomic mass is 9.81. The molecule has 1 aliphatic carbocycles. The summed E-state index contributed by atoms with van der Waals surface area (Å²) >= 11 is 0. The molecule has 0 saturated heterocycles. The molecule has 104 valence electrons. The highest BCUT2D eigenvalue weighted by molar-refractivity contribution is 5.94. The van der Waals surface area contributed by atoms with Crippen LogP contribution in [-0.2, 0) is 0 Å². The molecule has 0 heterocycles. The fourth-order valence-electron chi connectivity index (χ4n) is 2.93. The van der Waals surface area contributed by atoms with E-state index in [1.807, 2.05) is 0 Å². The Morgan fingerprint density at radius 1 is 1.32 bits per heavy atom. The summed E-state index contributed by atoms with van der Waals surface area (Å²) in [6.45, 7) is 3.07. The Kier molecular flexibility index (Phi) is 4.83. The molecule has 1 aromatic carbocycles. The molecule has 2 N–H and O–H groups in total. The predicted octanol–water partition coefficient (Wildman–Crippen LogP) is 3.34. The van der Waals surface area contributed by atoms with Gasteiger partial charge < -0.3 is 10.4 Å². The van der Waals surface area contributed by atoms with Crippen LogP contribution in [0.1, 0.15) is 49.4 Å². The van der Waals surface area contributed by atoms with Crippen LogP contribution in [0.2, 0.25) is 0 Å². The quantitative estimate of drug-likeness (QED) is 0.873. The van der Waals surface area contributed by atoms with Crippen LogP contribution in [0.4, 0.5) is 0 Å². The van der Waals surface area contributed by atoms with Crippen molar-refractivity contribution in [3.63, 3.8) is 0 Å². The summed E-state index contributed by atoms with van der Waals surface area (Å²) in [6.07, 6.45) is 6.37. The molecule has 0 bridgehead atoms. The molecule has 0 radical (unpaired) electrons. The number of phenolic OH excluding ortho intramolecular Hbond substituents is 1. The Hall–Kier alpha value is -1.51. The molecule has 1 aliphatic rings. The Labute approximate surface area is 115 Å². The zero-order valence-corrected chi connectivity index (χ0v) is 11.6. The summed E-state index contributed by atoms with van der Waals surface area (Å²) in [7, 11) is 0. The summed E-state index contributed by atoms with van der Waals surface area (Å²) in [5.74, 6) is 1.74. The van der Waals surface area contributed by atoms with Crippen molar-refractivity contribution in [3.8, 4) is 5.75 Å². The van der Waals surface area contributed by atoms with Gasteiger partial charge in [-0.25, -0.2) is 0 Å². The van der Waals surface area contributed by atoms with Crippen molar-refractivity contribution in [2.75, 3.05) is 6.54 Å². The van der Waals surface area contributed by atoms with Gasteiger partial charge in [0.2, 0.25) is 0 Å². The second-order valence-electron chi connectivity index (χ2n) is 5.73. The molecule has 2 unspecified atom stereocenters. The van der Waals surface area contributed by atoms with Crippen LogP contribution in [0.5, 0.6) is 5.75 Å². The number of rotatable bonds is 4. The topological polar surface area (TPSA) is 49.3 Å². The SMILES string of the molecule is CC1CCCC(CCNC(=O)c2ccc(O)cc2)C1. The Bertz CT molecular complexity index is 413. The normalized spacial score (nSPS) is 23.0. The van der Waals surface area contributed by atoms with Crippen molar-refractivity contribution in [1.29, 1.82) is 0 Å². The van der Waals surface area contributed by atoms with E-state index in [9.17, 15) is 9.90 Å². The summed E-state index contributed by atoms with van der Waals surface area (Å²) in [5, 5.41) is 12.1. The fraction of sp³-hybridized carbons (Fsp3) is 0.562. The van der Waals surface area contributed by atoms with E-state index in [0.29, 0.717) is 5.56 Å². The van der Waals surface area contributed by atoms with Gasteiger partial charge in [-0.2, -0.15) is 0 Å². The first-order chi connectivity index (χ1) is 9.15. The molecule has 2 rings (SSSR count). The third-order valence-corrected chi connectivity index (χ3v) is 4.01. The van der Waals surface area contributed by atoms with Gasteiger partial charge in [-0.3, -0.25) is 4.79 Å². The number of carbonyl (C=O) groups excluding carboxylic acids is 1. The zero-order valence-electron chi connectivity index (χ0n) is 11.6. The van der Waals surface area contributed by atoms with Gasteiger partial charge in [0.25, 0.3) is 5.91 Å². The number of carbonyl (C=O) groups is 1. The number of phenols is 1. The molecule has 19 heavy (non-hydrogen) atoms. The standard InChI is InChI=1S/C16H23NO2/c1-12-3-2-4-13(11-12)9-10-17-16(19)14-5-7-15(18)8-6-14/h5-8,12-13,18H,2-4,9-11H2,1H3,(H,17,19). The third-order valence-electron chi connectivity index (χ3n) is 4.01. The van der Waals surface area contributed by atoms with Crippen molar-refractivity contribution < 1.29 is 9.90 Å². The number of benzene rings is 1. The lowest BCUT2D eigenvalue weighted by molar-refractivity contribution is 0.0949. The molecule has 0 spiro atoms. The molecule has 3 heteroatoms. The van der Waals surface area contributed by atoms with E-state index >= 15 is 0 Å². The average Bonchev–Trinajstić information content (AvgIpc) is 2.39. The minimum Gasteiger partial charge on any atom is -0.508 e. The molecule has 3 nitrogen and oxygen atoms in total. The monoisotopic (exact) mass is 261 g/mol. The van der Waals surface area contributed by atoms with Crippen LogP contribution in [0.3, 0.4) is 0 Å². The number of hydrogen-bond donors (Lipinski definition) is 2. The van der Waals surface area contributed by atoms with Gasteiger partial charge in [0.05, 0.1) is 0 Å². The summed E-state index contributed by atoms with van der Waals surface area (Å²) in [5.41, 5.74) is 0.606. The highest BCUT2D eigenvalue weighted by Gasteiger charge is 2.18. The molecule has 1 fully saturated rings. The van der Waals surface area contributed by atoms with Crippen LogP contribution in [0.25, 0.3) is 0 Å². The molecule has 0 aromatic heterocycles. The van der Waals surface area contributed by atoms with Gasteiger partial charge >= 0.3 is 0 Å². The molecular weight excluding hydrogens is 238 g/mol. The third kappa shape index (κ3) is 4.27. The molecule has 2 atom stereocenters. The fourth-order valence-corrected chi connectivity index (χ4v) is 2.93. The minimum absolute atomic E-state index is 0.0520. The molecule has 1 aromatic rings. The summed E-state index contributed by atoms with van der Waals surface area (Å²) in [6, 6.07) is 6.37. The summed E-state index contributed by atoms with van der Waals surface area (Å²) < 4.78 is 0. The molecule has 1 amide bonds. The Morgan fingerprint density at radius 3 is 2.74 bits per heavy atom. The second kappa shape index (κ2) is 6.60. The van der Waals surface area contributed by atoms with Crippen molar-refractivity contribution in [2.24, 2.45) is 11.8 Å². The van der Waals surface area contributed by atoms with E-state index in [1.54, 1.807) is 12.1 Å². The molecule has 1 saturated carbocycles. The van der Waals surface area contributed by atoms with E-state index in [2.05, 4.69) is 12.2 Å². The van der Waals surface area contributed by atoms with Crippen molar-refractivity contribution in [1.82, 2.24) is 5.32 Å². The highest BCUT2D eigenvalue weighted by atomic mass is 16.3. The van der Waals surface area contributed by atoms with Gasteiger partial charge in [-0.05, 0) is 48.9 Å². The first-order valence-corrected chi connectivity index (χ1v) is 7.22. The van der Waals surface area contributed by atoms with E-state index < -0.39 is 0 Å². The number of hydrogen-bond acceptors (Lipinski definition) is 2. The van der Waals surface area contributed by atoms with Crippen LogP contribution in [0, 0.1) is 11.8 Å². The predicted molar refractivity (Wildman–Crippen MR) is 76.2 cm³/mol. The summed E-state index contributed by atoms with van der Waals surface area (Å²) in [4.78, 5) is 11.9. The van der Waals surface area contributed by atoms with Crippen molar-refractivity contribution >= 4 is 5.91 Å². The first kappa shape index (κ1) is 13.9. The van der Waals surface area contributed by atoms with E-state index in [4.69, 9.17) is 0 Å².